The Labute approximate surface area is 154 Å². The first-order chi connectivity index (χ1) is 12.3. The highest BCUT2D eigenvalue weighted by Gasteiger charge is 2.72. The van der Waals surface area contributed by atoms with Crippen LogP contribution in [-0.2, 0) is 20.0 Å². The van der Waals surface area contributed by atoms with Crippen LogP contribution in [0, 0.1) is 17.8 Å². The molecule has 0 aromatic heterocycles. The van der Waals surface area contributed by atoms with Gasteiger partial charge in [0.25, 0.3) is 0 Å². The van der Waals surface area contributed by atoms with Gasteiger partial charge in [0.15, 0.2) is 9.84 Å². The lowest BCUT2D eigenvalue weighted by molar-refractivity contribution is -0.202. The first kappa shape index (κ1) is 20.4. The Morgan fingerprint density at radius 2 is 1.56 bits per heavy atom. The van der Waals surface area contributed by atoms with Gasteiger partial charge in [-0.15, -0.1) is 0 Å². The summed E-state index contributed by atoms with van der Waals surface area (Å²) in [4.78, 5) is -0.202. The van der Waals surface area contributed by atoms with Crippen LogP contribution in [-0.4, -0.2) is 34.3 Å². The van der Waals surface area contributed by atoms with Gasteiger partial charge in [-0.05, 0) is 55.4 Å². The van der Waals surface area contributed by atoms with Gasteiger partial charge >= 0.3 is 21.3 Å². The maximum Gasteiger partial charge on any atom is 0.442 e. The Balaban J connectivity index is 1.84. The molecule has 152 valence electrons. The summed E-state index contributed by atoms with van der Waals surface area (Å²) in [5.41, 5.74) is 0. The molecule has 3 unspecified atom stereocenters. The van der Waals surface area contributed by atoms with Crippen LogP contribution < -0.4 is 4.18 Å². The molecular formula is C16H18F4O5S2. The zero-order chi connectivity index (χ0) is 20.3. The standard InChI is InChI=1S/C16H18F4O5S2/c1-26(21,22)13-6-4-12(5-7-13)25-27(23,24)16(19,20)15(17,18)14-9-10-2-3-11(14)8-10/h4-7,10-11,14H,2-3,8-9H2,1H3. The molecule has 5 nitrogen and oxygen atoms in total. The molecule has 0 radical (unpaired) electrons. The van der Waals surface area contributed by atoms with Crippen LogP contribution in [0.3, 0.4) is 0 Å². The van der Waals surface area contributed by atoms with Gasteiger partial charge in [0.1, 0.15) is 5.75 Å². The zero-order valence-corrected chi connectivity index (χ0v) is 15.9. The highest BCUT2D eigenvalue weighted by Crippen LogP contribution is 2.58. The SMILES string of the molecule is CS(=O)(=O)c1ccc(OS(=O)(=O)C(F)(F)C(F)(F)C2CC3CCC2C3)cc1. The summed E-state index contributed by atoms with van der Waals surface area (Å²) in [5, 5.41) is -5.41. The maximum absolute atomic E-state index is 14.5. The topological polar surface area (TPSA) is 77.5 Å². The Morgan fingerprint density at radius 3 is 2.00 bits per heavy atom. The number of halogens is 4. The van der Waals surface area contributed by atoms with Gasteiger partial charge in [-0.1, -0.05) is 6.42 Å². The van der Waals surface area contributed by atoms with E-state index in [1.54, 1.807) is 0 Å². The predicted octanol–water partition coefficient (Wildman–Crippen LogP) is 3.46. The van der Waals surface area contributed by atoms with Crippen molar-refractivity contribution in [2.24, 2.45) is 17.8 Å². The van der Waals surface area contributed by atoms with Crippen molar-refractivity contribution in [3.8, 4) is 5.75 Å². The molecule has 2 bridgehead atoms. The summed E-state index contributed by atoms with van der Waals surface area (Å²) >= 11 is 0. The largest absolute Gasteiger partial charge is 0.442 e. The monoisotopic (exact) mass is 430 g/mol. The fraction of sp³-hybridized carbons (Fsp3) is 0.625. The van der Waals surface area contributed by atoms with E-state index in [1.807, 2.05) is 0 Å². The van der Waals surface area contributed by atoms with Crippen molar-refractivity contribution in [2.45, 2.75) is 41.8 Å². The molecular weight excluding hydrogens is 412 g/mol. The molecule has 0 aliphatic heterocycles. The lowest BCUT2D eigenvalue weighted by Crippen LogP contribution is -2.54. The number of alkyl halides is 4. The van der Waals surface area contributed by atoms with Crippen molar-refractivity contribution in [1.82, 2.24) is 0 Å². The number of hydrogen-bond donors (Lipinski definition) is 0. The van der Waals surface area contributed by atoms with Crippen molar-refractivity contribution >= 4 is 20.0 Å². The van der Waals surface area contributed by atoms with Crippen LogP contribution >= 0.6 is 0 Å². The second kappa shape index (κ2) is 6.33. The van der Waals surface area contributed by atoms with Crippen molar-refractivity contribution in [2.75, 3.05) is 6.26 Å². The molecule has 27 heavy (non-hydrogen) atoms. The lowest BCUT2D eigenvalue weighted by Gasteiger charge is -2.34. The summed E-state index contributed by atoms with van der Waals surface area (Å²) in [6.45, 7) is 0. The van der Waals surface area contributed by atoms with E-state index in [2.05, 4.69) is 4.18 Å². The molecule has 0 saturated heterocycles. The van der Waals surface area contributed by atoms with Crippen molar-refractivity contribution in [3.05, 3.63) is 24.3 Å². The third kappa shape index (κ3) is 3.43. The smallest absolute Gasteiger partial charge is 0.378 e. The average Bonchev–Trinajstić information content (AvgIpc) is 3.17. The average molecular weight is 430 g/mol. The molecule has 2 fully saturated rings. The van der Waals surface area contributed by atoms with Gasteiger partial charge in [0.05, 0.1) is 4.90 Å². The first-order valence-electron chi connectivity index (χ1n) is 8.25. The molecule has 1 aromatic rings. The van der Waals surface area contributed by atoms with Crippen LogP contribution in [0.4, 0.5) is 17.6 Å². The molecule has 2 saturated carbocycles. The van der Waals surface area contributed by atoms with E-state index in [-0.39, 0.29) is 17.2 Å². The van der Waals surface area contributed by atoms with E-state index >= 15 is 0 Å². The van der Waals surface area contributed by atoms with Crippen molar-refractivity contribution < 1.29 is 38.6 Å². The number of rotatable bonds is 6. The van der Waals surface area contributed by atoms with Gasteiger partial charge in [0.2, 0.25) is 0 Å². The van der Waals surface area contributed by atoms with Gasteiger partial charge in [0, 0.05) is 12.2 Å². The van der Waals surface area contributed by atoms with Crippen molar-refractivity contribution in [3.63, 3.8) is 0 Å². The predicted molar refractivity (Wildman–Crippen MR) is 87.9 cm³/mol. The Hall–Kier alpha value is -1.36. The van der Waals surface area contributed by atoms with E-state index < -0.39 is 48.7 Å². The minimum absolute atomic E-state index is 0.0752. The van der Waals surface area contributed by atoms with E-state index in [1.165, 1.54) is 0 Å². The zero-order valence-electron chi connectivity index (χ0n) is 14.2. The van der Waals surface area contributed by atoms with Crippen LogP contribution in [0.5, 0.6) is 5.75 Å². The van der Waals surface area contributed by atoms with E-state index in [4.69, 9.17) is 0 Å². The molecule has 11 heteroatoms. The Kier molecular flexibility index (Phi) is 4.78. The fourth-order valence-corrected chi connectivity index (χ4v) is 5.58. The van der Waals surface area contributed by atoms with Crippen LogP contribution in [0.15, 0.2) is 29.2 Å². The normalized spacial score (nSPS) is 26.3. The second-order valence-electron chi connectivity index (χ2n) is 7.20. The quantitative estimate of drug-likeness (QED) is 0.510. The Morgan fingerprint density at radius 1 is 0.963 bits per heavy atom. The van der Waals surface area contributed by atoms with Gasteiger partial charge < -0.3 is 4.18 Å². The molecule has 1 aromatic carbocycles. The minimum atomic E-state index is -6.01. The van der Waals surface area contributed by atoms with E-state index in [0.717, 1.165) is 30.5 Å². The van der Waals surface area contributed by atoms with Crippen LogP contribution in [0.2, 0.25) is 0 Å². The molecule has 0 N–H and O–H groups in total. The number of sulfone groups is 1. The van der Waals surface area contributed by atoms with Crippen LogP contribution in [0.1, 0.15) is 25.7 Å². The number of benzene rings is 1. The summed E-state index contributed by atoms with van der Waals surface area (Å²) in [6, 6.07) is 3.51. The van der Waals surface area contributed by atoms with Gasteiger partial charge in [-0.3, -0.25) is 0 Å². The highest BCUT2D eigenvalue weighted by molar-refractivity contribution is 7.90. The van der Waals surface area contributed by atoms with Gasteiger partial charge in [-0.25, -0.2) is 8.42 Å². The maximum atomic E-state index is 14.5. The molecule has 3 atom stereocenters. The molecule has 2 aliphatic carbocycles. The fourth-order valence-electron chi connectivity index (χ4n) is 3.99. The summed E-state index contributed by atoms with van der Waals surface area (Å²) < 4.78 is 108. The highest BCUT2D eigenvalue weighted by atomic mass is 32.2. The number of hydrogen-bond acceptors (Lipinski definition) is 5. The van der Waals surface area contributed by atoms with Crippen LogP contribution in [0.25, 0.3) is 0 Å². The second-order valence-corrected chi connectivity index (χ2v) is 10.8. The molecule has 0 spiro atoms. The minimum Gasteiger partial charge on any atom is -0.378 e. The van der Waals surface area contributed by atoms with Gasteiger partial charge in [-0.2, -0.15) is 26.0 Å². The van der Waals surface area contributed by atoms with E-state index in [0.29, 0.717) is 19.3 Å². The first-order valence-corrected chi connectivity index (χ1v) is 11.6. The molecule has 0 amide bonds. The summed E-state index contributed by atoms with van der Waals surface area (Å²) in [7, 11) is -9.61. The summed E-state index contributed by atoms with van der Waals surface area (Å²) in [5.74, 6) is -7.85. The molecule has 2 aliphatic rings. The third-order valence-electron chi connectivity index (χ3n) is 5.36. The third-order valence-corrected chi connectivity index (χ3v) is 7.80. The number of fused-ring (bicyclic) bond motifs is 2. The summed E-state index contributed by atoms with van der Waals surface area (Å²) in [6.07, 6.45) is 2.24. The Bertz CT molecular complexity index is 926. The van der Waals surface area contributed by atoms with E-state index in [9.17, 15) is 34.4 Å². The molecule has 0 heterocycles. The lowest BCUT2D eigenvalue weighted by atomic mass is 9.84. The van der Waals surface area contributed by atoms with Crippen molar-refractivity contribution in [1.29, 1.82) is 0 Å². The molecule has 3 rings (SSSR count).